The maximum atomic E-state index is 12.8. The van der Waals surface area contributed by atoms with Crippen LogP contribution in [0, 0.1) is 5.82 Å². The summed E-state index contributed by atoms with van der Waals surface area (Å²) in [6.07, 6.45) is 0. The van der Waals surface area contributed by atoms with Gasteiger partial charge in [-0.25, -0.2) is 14.2 Å². The van der Waals surface area contributed by atoms with E-state index >= 15 is 0 Å². The lowest BCUT2D eigenvalue weighted by molar-refractivity contribution is -0.125. The Labute approximate surface area is 113 Å². The third-order valence-electron chi connectivity index (χ3n) is 2.34. The highest BCUT2D eigenvalue weighted by Gasteiger charge is 2.13. The van der Waals surface area contributed by atoms with Crippen LogP contribution in [0.4, 0.5) is 4.39 Å². The number of aromatic nitrogens is 2. The molecule has 1 aromatic heterocycles. The second kappa shape index (κ2) is 5.66. The van der Waals surface area contributed by atoms with Crippen molar-refractivity contribution >= 4 is 5.91 Å². The second-order valence-corrected chi connectivity index (χ2v) is 4.27. The molecule has 0 aliphatic heterocycles. The van der Waals surface area contributed by atoms with Crippen molar-refractivity contribution in [3.63, 3.8) is 0 Å². The van der Waals surface area contributed by atoms with E-state index in [-0.39, 0.29) is 12.4 Å². The van der Waals surface area contributed by atoms with Gasteiger partial charge in [-0.15, -0.1) is 5.10 Å². The molecule has 0 saturated carbocycles. The largest absolute Gasteiger partial charge is 0.437 e. The minimum atomic E-state index is -0.752. The number of hydrogen-bond acceptors (Lipinski definition) is 5. The number of halogens is 1. The van der Waals surface area contributed by atoms with Crippen molar-refractivity contribution in [2.45, 2.75) is 6.54 Å². The fourth-order valence-electron chi connectivity index (χ4n) is 1.54. The molecule has 20 heavy (non-hydrogen) atoms. The normalized spacial score (nSPS) is 10.8. The summed E-state index contributed by atoms with van der Waals surface area (Å²) in [5.41, 5.74) is 2.93. The van der Waals surface area contributed by atoms with Crippen molar-refractivity contribution in [2.75, 3.05) is 14.1 Å². The zero-order valence-corrected chi connectivity index (χ0v) is 11.0. The van der Waals surface area contributed by atoms with Gasteiger partial charge in [-0.2, -0.15) is 4.68 Å². The van der Waals surface area contributed by atoms with Gasteiger partial charge in [-0.3, -0.25) is 10.2 Å². The van der Waals surface area contributed by atoms with E-state index in [1.54, 1.807) is 14.1 Å². The van der Waals surface area contributed by atoms with Crippen LogP contribution in [-0.4, -0.2) is 34.8 Å². The van der Waals surface area contributed by atoms with E-state index in [4.69, 9.17) is 4.42 Å². The number of carbonyl (C=O) groups excluding carboxylic acids is 1. The second-order valence-electron chi connectivity index (χ2n) is 4.27. The standard InChI is InChI=1S/C12H13FN4O3/c1-16(2)14-10(18)7-17-12(19)20-11(15-17)8-3-5-9(13)6-4-8/h3-6H,7H2,1-2H3,(H,14,18). The van der Waals surface area contributed by atoms with Gasteiger partial charge in [0.1, 0.15) is 12.4 Å². The van der Waals surface area contributed by atoms with Crippen LogP contribution in [-0.2, 0) is 11.3 Å². The van der Waals surface area contributed by atoms with Gasteiger partial charge in [-0.05, 0) is 24.3 Å². The maximum Gasteiger partial charge on any atom is 0.437 e. The molecule has 8 heteroatoms. The van der Waals surface area contributed by atoms with E-state index in [2.05, 4.69) is 10.5 Å². The molecular weight excluding hydrogens is 267 g/mol. The van der Waals surface area contributed by atoms with Crippen LogP contribution in [0.2, 0.25) is 0 Å². The van der Waals surface area contributed by atoms with Gasteiger partial charge in [-0.1, -0.05) is 0 Å². The number of carbonyl (C=O) groups is 1. The zero-order chi connectivity index (χ0) is 14.7. The third kappa shape index (κ3) is 3.29. The van der Waals surface area contributed by atoms with Crippen LogP contribution >= 0.6 is 0 Å². The van der Waals surface area contributed by atoms with E-state index in [1.165, 1.54) is 29.3 Å². The molecule has 0 unspecified atom stereocenters. The molecule has 7 nitrogen and oxygen atoms in total. The monoisotopic (exact) mass is 280 g/mol. The van der Waals surface area contributed by atoms with E-state index < -0.39 is 17.5 Å². The first-order valence-corrected chi connectivity index (χ1v) is 5.76. The molecule has 0 saturated heterocycles. The molecule has 0 atom stereocenters. The zero-order valence-electron chi connectivity index (χ0n) is 11.0. The number of benzene rings is 1. The van der Waals surface area contributed by atoms with Gasteiger partial charge in [0.25, 0.3) is 5.91 Å². The van der Waals surface area contributed by atoms with Gasteiger partial charge in [0.15, 0.2) is 0 Å². The number of nitrogens with one attached hydrogen (secondary N) is 1. The average Bonchev–Trinajstić information content (AvgIpc) is 2.70. The fraction of sp³-hybridized carbons (Fsp3) is 0.250. The molecule has 1 N–H and O–H groups in total. The van der Waals surface area contributed by atoms with Gasteiger partial charge in [0.2, 0.25) is 5.89 Å². The molecular formula is C12H13FN4O3. The summed E-state index contributed by atoms with van der Waals surface area (Å²) < 4.78 is 18.6. The first-order chi connectivity index (χ1) is 9.45. The van der Waals surface area contributed by atoms with Crippen molar-refractivity contribution in [1.29, 1.82) is 0 Å². The summed E-state index contributed by atoms with van der Waals surface area (Å²) in [7, 11) is 3.29. The SMILES string of the molecule is CN(C)NC(=O)Cn1nc(-c2ccc(F)cc2)oc1=O. The van der Waals surface area contributed by atoms with E-state index in [0.29, 0.717) is 5.56 Å². The smallest absolute Gasteiger partial charge is 0.388 e. The Balaban J connectivity index is 2.19. The maximum absolute atomic E-state index is 12.8. The summed E-state index contributed by atoms with van der Waals surface area (Å²) in [5, 5.41) is 5.35. The highest BCUT2D eigenvalue weighted by Crippen LogP contribution is 2.15. The Morgan fingerprint density at radius 3 is 2.65 bits per heavy atom. The highest BCUT2D eigenvalue weighted by molar-refractivity contribution is 5.75. The number of amides is 1. The molecule has 2 rings (SSSR count). The summed E-state index contributed by atoms with van der Waals surface area (Å²) in [6, 6.07) is 5.33. The number of nitrogens with zero attached hydrogens (tertiary/aromatic N) is 3. The quantitative estimate of drug-likeness (QED) is 0.811. The Morgan fingerprint density at radius 1 is 1.40 bits per heavy atom. The summed E-state index contributed by atoms with van der Waals surface area (Å²) >= 11 is 0. The molecule has 2 aromatic rings. The van der Waals surface area contributed by atoms with Crippen LogP contribution < -0.4 is 11.2 Å². The Hall–Kier alpha value is -2.48. The minimum Gasteiger partial charge on any atom is -0.388 e. The lowest BCUT2D eigenvalue weighted by Crippen LogP contribution is -2.39. The van der Waals surface area contributed by atoms with Crippen molar-refractivity contribution in [3.8, 4) is 11.5 Å². The van der Waals surface area contributed by atoms with Crippen molar-refractivity contribution < 1.29 is 13.6 Å². The van der Waals surface area contributed by atoms with Gasteiger partial charge in [0.05, 0.1) is 0 Å². The topological polar surface area (TPSA) is 80.4 Å². The highest BCUT2D eigenvalue weighted by atomic mass is 19.1. The van der Waals surface area contributed by atoms with Crippen molar-refractivity contribution in [1.82, 2.24) is 20.2 Å². The van der Waals surface area contributed by atoms with E-state index in [0.717, 1.165) is 4.68 Å². The molecule has 1 amide bonds. The molecule has 0 radical (unpaired) electrons. The van der Waals surface area contributed by atoms with Crippen LogP contribution in [0.5, 0.6) is 0 Å². The van der Waals surface area contributed by atoms with Crippen LogP contribution in [0.1, 0.15) is 0 Å². The first kappa shape index (κ1) is 13.9. The average molecular weight is 280 g/mol. The number of hydrazine groups is 1. The third-order valence-corrected chi connectivity index (χ3v) is 2.34. The van der Waals surface area contributed by atoms with E-state index in [9.17, 15) is 14.0 Å². The lowest BCUT2D eigenvalue weighted by Gasteiger charge is -2.10. The summed E-state index contributed by atoms with van der Waals surface area (Å²) in [6.45, 7) is -0.262. The van der Waals surface area contributed by atoms with Gasteiger partial charge >= 0.3 is 5.76 Å². The van der Waals surface area contributed by atoms with E-state index in [1.807, 2.05) is 0 Å². The molecule has 0 bridgehead atoms. The first-order valence-electron chi connectivity index (χ1n) is 5.76. The predicted octanol–water partition coefficient (Wildman–Crippen LogP) is 0.235. The predicted molar refractivity (Wildman–Crippen MR) is 68.0 cm³/mol. The van der Waals surface area contributed by atoms with Crippen LogP contribution in [0.25, 0.3) is 11.5 Å². The van der Waals surface area contributed by atoms with Crippen molar-refractivity contribution in [2.24, 2.45) is 0 Å². The number of hydrogen-bond donors (Lipinski definition) is 1. The molecule has 1 aromatic carbocycles. The molecule has 1 heterocycles. The molecule has 106 valence electrons. The van der Waals surface area contributed by atoms with Gasteiger partial charge in [0, 0.05) is 19.7 Å². The Kier molecular flexibility index (Phi) is 3.94. The lowest BCUT2D eigenvalue weighted by atomic mass is 10.2. The summed E-state index contributed by atoms with van der Waals surface area (Å²) in [4.78, 5) is 23.1. The Bertz CT molecular complexity index is 660. The minimum absolute atomic E-state index is 0.0349. The van der Waals surface area contributed by atoms with Crippen LogP contribution in [0.15, 0.2) is 33.5 Å². The molecule has 0 aliphatic rings. The summed E-state index contributed by atoms with van der Waals surface area (Å²) in [5.74, 6) is -1.53. The number of rotatable bonds is 4. The fourth-order valence-corrected chi connectivity index (χ4v) is 1.54. The van der Waals surface area contributed by atoms with Gasteiger partial charge < -0.3 is 4.42 Å². The molecule has 0 spiro atoms. The molecule has 0 aliphatic carbocycles. The van der Waals surface area contributed by atoms with Crippen molar-refractivity contribution in [3.05, 3.63) is 40.6 Å². The Morgan fingerprint density at radius 2 is 2.05 bits per heavy atom. The van der Waals surface area contributed by atoms with Crippen LogP contribution in [0.3, 0.4) is 0 Å². The molecule has 0 fully saturated rings.